The molecular weight excluding hydrogens is 359 g/mol. The van der Waals surface area contributed by atoms with E-state index in [1.807, 2.05) is 0 Å². The normalized spacial score (nSPS) is 17.2. The summed E-state index contributed by atoms with van der Waals surface area (Å²) in [5.41, 5.74) is 0.165. The fraction of sp³-hybridized carbons (Fsp3) is 0.0556. The second-order valence-corrected chi connectivity index (χ2v) is 6.39. The first-order chi connectivity index (χ1) is 12.6. The molecule has 0 bridgehead atoms. The number of Topliss-reactive ketones (excluding diaryl/α,β-unsaturated/α-hetero) is 1. The molecule has 26 heavy (non-hydrogen) atoms. The van der Waals surface area contributed by atoms with Gasteiger partial charge in [-0.3, -0.25) is 14.5 Å². The van der Waals surface area contributed by atoms with Crippen molar-refractivity contribution >= 4 is 28.2 Å². The van der Waals surface area contributed by atoms with Crippen molar-refractivity contribution in [2.45, 2.75) is 6.04 Å². The maximum atomic E-state index is 13.8. The summed E-state index contributed by atoms with van der Waals surface area (Å²) in [6.45, 7) is 0. The molecular formula is C18H11FN2O4S. The van der Waals surface area contributed by atoms with Crippen molar-refractivity contribution in [3.8, 4) is 0 Å². The maximum Gasteiger partial charge on any atom is 0.296 e. The van der Waals surface area contributed by atoms with Crippen LogP contribution in [0.5, 0.6) is 0 Å². The zero-order chi connectivity index (χ0) is 18.3. The third-order valence-electron chi connectivity index (χ3n) is 3.99. The summed E-state index contributed by atoms with van der Waals surface area (Å²) in [6, 6.07) is 7.47. The Kier molecular flexibility index (Phi) is 3.89. The van der Waals surface area contributed by atoms with E-state index in [1.54, 1.807) is 11.4 Å². The highest BCUT2D eigenvalue weighted by Crippen LogP contribution is 2.42. The lowest BCUT2D eigenvalue weighted by molar-refractivity contribution is -0.117. The maximum absolute atomic E-state index is 13.8. The van der Waals surface area contributed by atoms with Gasteiger partial charge in [0.25, 0.3) is 5.91 Å². The average molecular weight is 370 g/mol. The minimum absolute atomic E-state index is 0.0262. The van der Waals surface area contributed by atoms with Crippen molar-refractivity contribution in [3.05, 3.63) is 82.7 Å². The van der Waals surface area contributed by atoms with Gasteiger partial charge in [-0.2, -0.15) is 0 Å². The van der Waals surface area contributed by atoms with E-state index in [-0.39, 0.29) is 16.5 Å². The number of anilines is 1. The number of hydrogen-bond acceptors (Lipinski definition) is 6. The van der Waals surface area contributed by atoms with Gasteiger partial charge in [-0.1, -0.05) is 12.1 Å². The van der Waals surface area contributed by atoms with Gasteiger partial charge in [0.1, 0.15) is 5.82 Å². The lowest BCUT2D eigenvalue weighted by Gasteiger charge is -2.24. The Morgan fingerprint density at radius 1 is 1.31 bits per heavy atom. The van der Waals surface area contributed by atoms with Gasteiger partial charge in [-0.25, -0.2) is 9.37 Å². The molecule has 0 spiro atoms. The highest BCUT2D eigenvalue weighted by atomic mass is 32.1. The number of carbonyl (C=O) groups excluding carboxylic acids is 2. The van der Waals surface area contributed by atoms with Gasteiger partial charge in [0.2, 0.25) is 5.78 Å². The molecule has 1 atom stereocenters. The summed E-state index contributed by atoms with van der Waals surface area (Å²) in [5, 5.41) is 12.4. The molecule has 0 unspecified atom stereocenters. The van der Waals surface area contributed by atoms with Gasteiger partial charge >= 0.3 is 0 Å². The first-order valence-corrected chi connectivity index (χ1v) is 8.45. The molecule has 1 N–H and O–H groups in total. The Hall–Kier alpha value is -3.26. The third kappa shape index (κ3) is 2.51. The summed E-state index contributed by atoms with van der Waals surface area (Å²) in [6.07, 6.45) is 2.82. The summed E-state index contributed by atoms with van der Waals surface area (Å²) >= 11 is 1.17. The van der Waals surface area contributed by atoms with Crippen LogP contribution in [0.15, 0.2) is 70.0 Å². The fourth-order valence-electron chi connectivity index (χ4n) is 2.90. The zero-order valence-corrected chi connectivity index (χ0v) is 13.9. The third-order valence-corrected chi connectivity index (χ3v) is 4.76. The molecule has 1 amide bonds. The number of carbonyl (C=O) groups is 2. The standard InChI is InChI=1S/C18H11FN2O4S/c19-11-4-1-3-10(9-11)14-13(15(22)12-5-2-7-25-12)16(23)17(24)21(14)18-20-6-8-26-18/h1-9,14,23H/t14-/m0/s1. The van der Waals surface area contributed by atoms with E-state index < -0.39 is 29.3 Å². The number of nitrogens with zero attached hydrogens (tertiary/aromatic N) is 2. The molecule has 0 aliphatic carbocycles. The van der Waals surface area contributed by atoms with Crippen molar-refractivity contribution in [2.24, 2.45) is 0 Å². The highest BCUT2D eigenvalue weighted by Gasteiger charge is 2.46. The van der Waals surface area contributed by atoms with Crippen LogP contribution < -0.4 is 4.90 Å². The number of hydrogen-bond donors (Lipinski definition) is 1. The Labute approximate surface area is 150 Å². The molecule has 0 radical (unpaired) electrons. The van der Waals surface area contributed by atoms with Gasteiger partial charge in [0, 0.05) is 11.6 Å². The Morgan fingerprint density at radius 2 is 2.15 bits per heavy atom. The van der Waals surface area contributed by atoms with E-state index in [0.717, 1.165) is 0 Å². The van der Waals surface area contributed by atoms with Gasteiger partial charge in [0.15, 0.2) is 16.7 Å². The minimum atomic E-state index is -1.01. The van der Waals surface area contributed by atoms with Crippen LogP contribution in [-0.4, -0.2) is 21.8 Å². The molecule has 2 aromatic heterocycles. The number of rotatable bonds is 4. The Balaban J connectivity index is 1.89. The average Bonchev–Trinajstić information content (AvgIpc) is 3.37. The van der Waals surface area contributed by atoms with Gasteiger partial charge in [0.05, 0.1) is 17.9 Å². The Bertz CT molecular complexity index is 1010. The van der Waals surface area contributed by atoms with Crippen LogP contribution in [0.4, 0.5) is 9.52 Å². The first kappa shape index (κ1) is 16.2. The molecule has 3 aromatic rings. The molecule has 8 heteroatoms. The summed E-state index contributed by atoms with van der Waals surface area (Å²) < 4.78 is 18.9. The quantitative estimate of drug-likeness (QED) is 0.709. The van der Waals surface area contributed by atoms with Gasteiger partial charge < -0.3 is 9.52 Å². The highest BCUT2D eigenvalue weighted by molar-refractivity contribution is 7.13. The molecule has 130 valence electrons. The molecule has 0 saturated carbocycles. The molecule has 0 fully saturated rings. The van der Waals surface area contributed by atoms with E-state index in [0.29, 0.717) is 5.56 Å². The van der Waals surface area contributed by atoms with Crippen molar-refractivity contribution in [2.75, 3.05) is 4.90 Å². The minimum Gasteiger partial charge on any atom is -0.503 e. The van der Waals surface area contributed by atoms with Crippen LogP contribution in [0.3, 0.4) is 0 Å². The molecule has 6 nitrogen and oxygen atoms in total. The summed E-state index contributed by atoms with van der Waals surface area (Å²) in [4.78, 5) is 30.8. The van der Waals surface area contributed by atoms with Crippen molar-refractivity contribution in [1.82, 2.24) is 4.98 Å². The van der Waals surface area contributed by atoms with E-state index in [4.69, 9.17) is 4.42 Å². The van der Waals surface area contributed by atoms with Crippen LogP contribution >= 0.6 is 11.3 Å². The van der Waals surface area contributed by atoms with Crippen molar-refractivity contribution in [1.29, 1.82) is 0 Å². The molecule has 1 aromatic carbocycles. The smallest absolute Gasteiger partial charge is 0.296 e. The second-order valence-electron chi connectivity index (χ2n) is 5.52. The van der Waals surface area contributed by atoms with E-state index in [9.17, 15) is 19.1 Å². The van der Waals surface area contributed by atoms with E-state index >= 15 is 0 Å². The predicted molar refractivity (Wildman–Crippen MR) is 91.4 cm³/mol. The lowest BCUT2D eigenvalue weighted by Crippen LogP contribution is -2.31. The Morgan fingerprint density at radius 3 is 2.81 bits per heavy atom. The largest absolute Gasteiger partial charge is 0.503 e. The molecule has 4 rings (SSSR count). The predicted octanol–water partition coefficient (Wildman–Crippen LogP) is 3.66. The number of aliphatic hydroxyl groups excluding tert-OH is 1. The van der Waals surface area contributed by atoms with Crippen LogP contribution in [-0.2, 0) is 4.79 Å². The molecule has 0 saturated heterocycles. The van der Waals surface area contributed by atoms with Crippen LogP contribution in [0.1, 0.15) is 22.2 Å². The number of benzene rings is 1. The first-order valence-electron chi connectivity index (χ1n) is 7.58. The molecule has 1 aliphatic heterocycles. The summed E-state index contributed by atoms with van der Waals surface area (Å²) in [5.74, 6) is -2.67. The number of halogens is 1. The van der Waals surface area contributed by atoms with E-state index in [2.05, 4.69) is 4.98 Å². The topological polar surface area (TPSA) is 83.6 Å². The zero-order valence-electron chi connectivity index (χ0n) is 13.1. The SMILES string of the molecule is O=C(C1=C(O)C(=O)N(c2nccs2)[C@H]1c1cccc(F)c1)c1ccco1. The van der Waals surface area contributed by atoms with Gasteiger partial charge in [-0.05, 0) is 29.8 Å². The number of ketones is 1. The summed E-state index contributed by atoms with van der Waals surface area (Å²) in [7, 11) is 0. The number of furan rings is 1. The van der Waals surface area contributed by atoms with Gasteiger partial charge in [-0.15, -0.1) is 11.3 Å². The van der Waals surface area contributed by atoms with E-state index in [1.165, 1.54) is 59.0 Å². The lowest BCUT2D eigenvalue weighted by atomic mass is 9.95. The number of aromatic nitrogens is 1. The fourth-order valence-corrected chi connectivity index (χ4v) is 3.57. The molecule has 3 heterocycles. The van der Waals surface area contributed by atoms with Crippen LogP contribution in [0.25, 0.3) is 0 Å². The van der Waals surface area contributed by atoms with Crippen molar-refractivity contribution in [3.63, 3.8) is 0 Å². The number of aliphatic hydroxyl groups is 1. The second kappa shape index (κ2) is 6.23. The molecule has 1 aliphatic rings. The van der Waals surface area contributed by atoms with Crippen molar-refractivity contribution < 1.29 is 23.5 Å². The van der Waals surface area contributed by atoms with Crippen LogP contribution in [0, 0.1) is 5.82 Å². The number of amides is 1. The van der Waals surface area contributed by atoms with Crippen LogP contribution in [0.2, 0.25) is 0 Å². The number of thiazole rings is 1. The monoisotopic (exact) mass is 370 g/mol.